The van der Waals surface area contributed by atoms with Gasteiger partial charge >= 0.3 is 0 Å². The van der Waals surface area contributed by atoms with Gasteiger partial charge in [-0.3, -0.25) is 49.0 Å². The van der Waals surface area contributed by atoms with Gasteiger partial charge in [0.2, 0.25) is 17.7 Å². The van der Waals surface area contributed by atoms with E-state index in [-0.39, 0.29) is 54.6 Å². The number of rotatable bonds is 12. The third-order valence-corrected chi connectivity index (χ3v) is 9.53. The van der Waals surface area contributed by atoms with E-state index < -0.39 is 29.7 Å². The third kappa shape index (κ3) is 7.47. The maximum atomic E-state index is 13.3. The molecule has 3 aliphatic heterocycles. The number of anilines is 3. The van der Waals surface area contributed by atoms with Gasteiger partial charge in [-0.05, 0) is 48.9 Å². The Morgan fingerprint density at radius 2 is 1.74 bits per heavy atom. The molecule has 0 bridgehead atoms. The number of ether oxygens (including phenoxy) is 1. The second-order valence-electron chi connectivity index (χ2n) is 12.9. The number of piperidine rings is 1. The molecule has 0 saturated carbocycles. The monoisotopic (exact) mass is 734 g/mol. The third-order valence-electron chi connectivity index (χ3n) is 9.53. The summed E-state index contributed by atoms with van der Waals surface area (Å²) in [7, 11) is 1.54. The Kier molecular flexibility index (Phi) is 10.3. The molecule has 0 radical (unpaired) electrons. The molecule has 3 aliphatic rings. The Bertz CT molecular complexity index is 2110. The van der Waals surface area contributed by atoms with Crippen molar-refractivity contribution in [3.8, 4) is 17.1 Å². The average molecular weight is 735 g/mol. The predicted octanol–water partition coefficient (Wildman–Crippen LogP) is 1.48. The van der Waals surface area contributed by atoms with Crippen molar-refractivity contribution in [3.63, 3.8) is 0 Å². The van der Waals surface area contributed by atoms with Crippen molar-refractivity contribution in [2.75, 3.05) is 68.5 Å². The summed E-state index contributed by atoms with van der Waals surface area (Å²) in [5.41, 5.74) is 3.75. The Morgan fingerprint density at radius 3 is 2.50 bits per heavy atom. The zero-order valence-electron chi connectivity index (χ0n) is 29.4. The van der Waals surface area contributed by atoms with E-state index in [0.29, 0.717) is 61.2 Å². The van der Waals surface area contributed by atoms with Gasteiger partial charge in [-0.1, -0.05) is 12.1 Å². The highest BCUT2D eigenvalue weighted by molar-refractivity contribution is 6.25. The van der Waals surface area contributed by atoms with Gasteiger partial charge in [-0.25, -0.2) is 4.98 Å². The highest BCUT2D eigenvalue weighted by atomic mass is 16.5. The minimum absolute atomic E-state index is 0.0412. The van der Waals surface area contributed by atoms with Gasteiger partial charge in [0.15, 0.2) is 0 Å². The Morgan fingerprint density at radius 1 is 0.926 bits per heavy atom. The van der Waals surface area contributed by atoms with Crippen LogP contribution in [-0.2, 0) is 14.4 Å². The zero-order chi connectivity index (χ0) is 37.8. The summed E-state index contributed by atoms with van der Waals surface area (Å²) in [6.07, 6.45) is 1.73. The lowest BCUT2D eigenvalue weighted by atomic mass is 10.0. The molecule has 17 heteroatoms. The summed E-state index contributed by atoms with van der Waals surface area (Å²) in [6, 6.07) is 16.3. The number of amides is 6. The maximum absolute atomic E-state index is 13.3. The number of H-pyrrole nitrogens is 1. The highest BCUT2D eigenvalue weighted by Gasteiger charge is 2.45. The van der Waals surface area contributed by atoms with Crippen molar-refractivity contribution in [2.45, 2.75) is 18.9 Å². The molecule has 0 aliphatic carbocycles. The van der Waals surface area contributed by atoms with Gasteiger partial charge in [0.25, 0.3) is 17.7 Å². The summed E-state index contributed by atoms with van der Waals surface area (Å²) in [4.78, 5) is 85.8. The fraction of sp³-hybridized carbons (Fsp3) is 0.297. The molecule has 1 atom stereocenters. The molecule has 54 heavy (non-hydrogen) atoms. The minimum Gasteiger partial charge on any atom is -0.494 e. The first-order chi connectivity index (χ1) is 26.2. The van der Waals surface area contributed by atoms with Crippen LogP contribution in [0.25, 0.3) is 11.4 Å². The van der Waals surface area contributed by atoms with Crippen molar-refractivity contribution in [1.29, 1.82) is 0 Å². The van der Waals surface area contributed by atoms with Gasteiger partial charge in [0.1, 0.15) is 17.5 Å². The number of nitrogens with one attached hydrogen (secondary N) is 5. The number of carbonyl (C=O) groups is 6. The second-order valence-corrected chi connectivity index (χ2v) is 12.9. The zero-order valence-corrected chi connectivity index (χ0v) is 29.4. The number of benzene rings is 2. The molecular formula is C37H38N10O7. The smallest absolute Gasteiger partial charge is 0.274 e. The van der Waals surface area contributed by atoms with E-state index in [0.717, 1.165) is 10.6 Å². The fourth-order valence-electron chi connectivity index (χ4n) is 6.76. The maximum Gasteiger partial charge on any atom is 0.274 e. The number of aromatic nitrogens is 3. The number of hydrogen-bond donors (Lipinski definition) is 5. The number of fused-ring (bicyclic) bond motifs is 1. The quantitative estimate of drug-likeness (QED) is 0.104. The number of nitrogens with zero attached hydrogens (tertiary/aromatic N) is 5. The summed E-state index contributed by atoms with van der Waals surface area (Å²) in [5, 5.41) is 17.9. The molecule has 0 spiro atoms. The van der Waals surface area contributed by atoms with Crippen molar-refractivity contribution in [2.24, 2.45) is 0 Å². The van der Waals surface area contributed by atoms with E-state index >= 15 is 0 Å². The van der Waals surface area contributed by atoms with Gasteiger partial charge in [0, 0.05) is 69.3 Å². The van der Waals surface area contributed by atoms with Crippen LogP contribution in [0.1, 0.15) is 44.0 Å². The second kappa shape index (κ2) is 15.5. The van der Waals surface area contributed by atoms with Crippen LogP contribution in [-0.4, -0.2) is 119 Å². The van der Waals surface area contributed by atoms with Crippen molar-refractivity contribution in [3.05, 3.63) is 83.7 Å². The minimum atomic E-state index is -1.05. The molecule has 5 N–H and O–H groups in total. The molecule has 2 saturated heterocycles. The van der Waals surface area contributed by atoms with Crippen molar-refractivity contribution < 1.29 is 33.5 Å². The van der Waals surface area contributed by atoms with Crippen LogP contribution in [0.3, 0.4) is 0 Å². The molecule has 2 fully saturated rings. The first-order valence-corrected chi connectivity index (χ1v) is 17.5. The average Bonchev–Trinajstić information content (AvgIpc) is 3.81. The number of methoxy groups -OCH3 is 1. The van der Waals surface area contributed by atoms with E-state index in [2.05, 4.69) is 46.2 Å². The summed E-state index contributed by atoms with van der Waals surface area (Å²) in [6.45, 7) is 3.44. The van der Waals surface area contributed by atoms with E-state index in [4.69, 9.17) is 4.74 Å². The molecular weight excluding hydrogens is 696 g/mol. The largest absolute Gasteiger partial charge is 0.494 e. The fourth-order valence-corrected chi connectivity index (χ4v) is 6.76. The molecule has 4 aromatic rings. The van der Waals surface area contributed by atoms with Crippen LogP contribution in [0.4, 0.5) is 17.1 Å². The first-order valence-electron chi connectivity index (χ1n) is 17.5. The Labute approximate surface area is 309 Å². The summed E-state index contributed by atoms with van der Waals surface area (Å²) >= 11 is 0. The van der Waals surface area contributed by atoms with Gasteiger partial charge in [-0.15, -0.1) is 0 Å². The lowest BCUT2D eigenvalue weighted by molar-refractivity contribution is -0.136. The van der Waals surface area contributed by atoms with E-state index in [9.17, 15) is 28.8 Å². The molecule has 278 valence electrons. The highest BCUT2D eigenvalue weighted by Crippen LogP contribution is 2.33. The van der Waals surface area contributed by atoms with E-state index in [1.165, 1.54) is 6.07 Å². The van der Waals surface area contributed by atoms with Crippen LogP contribution in [0.15, 0.2) is 66.9 Å². The van der Waals surface area contributed by atoms with Gasteiger partial charge in [0.05, 0.1) is 41.9 Å². The lowest BCUT2D eigenvalue weighted by Gasteiger charge is -2.36. The number of piperazine rings is 1. The number of hydrogen-bond acceptors (Lipinski definition) is 12. The van der Waals surface area contributed by atoms with Crippen LogP contribution in [0.2, 0.25) is 0 Å². The topological polar surface area (TPSA) is 211 Å². The number of aromatic amines is 1. The van der Waals surface area contributed by atoms with E-state index in [1.807, 2.05) is 12.1 Å². The molecule has 2 aromatic heterocycles. The Hall–Kier alpha value is -6.62. The number of pyridine rings is 1. The van der Waals surface area contributed by atoms with Crippen LogP contribution in [0, 0.1) is 0 Å². The first kappa shape index (κ1) is 35.8. The standard InChI is InChI=1S/C37H38N10O7/c1-54-30-20-22(8-9-26(30)42-34(50)28-7-3-5-24(41-28)25-12-13-40-44-25)46-18-16-45(17-19-46)21-32(49)39-15-14-38-27-6-2-4-23-33(27)37(53)47(36(23)52)29-10-11-31(48)43-35(29)51/h2-9,12-13,20,29,38H,10-11,14-19,21H2,1H3,(H,39,49)(H,40,44)(H,42,50)(H,43,48,51). The number of imide groups is 2. The van der Waals surface area contributed by atoms with Crippen LogP contribution < -0.4 is 30.9 Å². The molecule has 5 heterocycles. The van der Waals surface area contributed by atoms with Crippen molar-refractivity contribution >= 4 is 52.5 Å². The SMILES string of the molecule is COc1cc(N2CCN(CC(=O)NCCNc3cccc4c3C(=O)N(C3CCC(=O)NC3=O)C4=O)CC2)ccc1NC(=O)c1cccc(-c2ccn[nH]2)n1. The van der Waals surface area contributed by atoms with E-state index in [1.54, 1.807) is 55.8 Å². The molecule has 6 amide bonds. The van der Waals surface area contributed by atoms with Crippen LogP contribution >= 0.6 is 0 Å². The predicted molar refractivity (Wildman–Crippen MR) is 196 cm³/mol. The lowest BCUT2D eigenvalue weighted by Crippen LogP contribution is -2.54. The summed E-state index contributed by atoms with van der Waals surface area (Å²) < 4.78 is 5.61. The van der Waals surface area contributed by atoms with Gasteiger partial charge < -0.3 is 25.6 Å². The Balaban J connectivity index is 0.864. The summed E-state index contributed by atoms with van der Waals surface area (Å²) in [5.74, 6) is -2.30. The number of carbonyl (C=O) groups excluding carboxylic acids is 6. The van der Waals surface area contributed by atoms with Crippen LogP contribution in [0.5, 0.6) is 5.75 Å². The molecule has 1 unspecified atom stereocenters. The molecule has 7 rings (SSSR count). The van der Waals surface area contributed by atoms with Crippen molar-refractivity contribution in [1.82, 2.24) is 35.6 Å². The molecule has 2 aromatic carbocycles. The van der Waals surface area contributed by atoms with Gasteiger partial charge in [-0.2, -0.15) is 5.10 Å². The molecule has 17 nitrogen and oxygen atoms in total. The normalized spacial score (nSPS) is 17.2.